The number of nitrogens with one attached hydrogen (secondary N) is 1. The van der Waals surface area contributed by atoms with Gasteiger partial charge in [-0.2, -0.15) is 0 Å². The minimum atomic E-state index is 0.0424. The fourth-order valence-corrected chi connectivity index (χ4v) is 2.33. The second-order valence-electron chi connectivity index (χ2n) is 5.47. The fourth-order valence-electron chi connectivity index (χ4n) is 2.33. The number of nitrogens with zero attached hydrogens (tertiary/aromatic N) is 1. The van der Waals surface area contributed by atoms with Crippen LogP contribution >= 0.6 is 0 Å². The first kappa shape index (κ1) is 16.9. The van der Waals surface area contributed by atoms with Crippen LogP contribution in [-0.4, -0.2) is 16.7 Å². The zero-order valence-electron chi connectivity index (χ0n) is 13.2. The molecule has 23 heavy (non-hydrogen) atoms. The number of amides is 1. The molecule has 0 fully saturated rings. The second-order valence-corrected chi connectivity index (χ2v) is 5.47. The first-order valence-electron chi connectivity index (χ1n) is 8.05. The number of Topliss-reactive ketones (excluding diaryl/α,β-unsaturated/α-hetero) is 1. The number of carbonyl (C=O) groups is 2. The average molecular weight is 310 g/mol. The molecule has 0 aliphatic rings. The van der Waals surface area contributed by atoms with E-state index in [-0.39, 0.29) is 11.7 Å². The second kappa shape index (κ2) is 9.51. The Morgan fingerprint density at radius 1 is 0.826 bits per heavy atom. The summed E-state index contributed by atoms with van der Waals surface area (Å²) in [6.07, 6.45) is 6.27. The van der Waals surface area contributed by atoms with Crippen molar-refractivity contribution in [2.24, 2.45) is 0 Å². The number of anilines is 1. The van der Waals surface area contributed by atoms with Crippen molar-refractivity contribution in [1.29, 1.82) is 0 Å². The molecule has 0 aliphatic heterocycles. The molecule has 4 nitrogen and oxygen atoms in total. The quantitative estimate of drug-likeness (QED) is 0.556. The minimum absolute atomic E-state index is 0.0424. The number of ketones is 1. The van der Waals surface area contributed by atoms with E-state index in [1.54, 1.807) is 18.3 Å². The Balaban J connectivity index is 1.54. The van der Waals surface area contributed by atoms with Gasteiger partial charge in [0.1, 0.15) is 5.69 Å². The maximum atomic E-state index is 11.9. The summed E-state index contributed by atoms with van der Waals surface area (Å²) in [5, 5.41) is 2.87. The first-order chi connectivity index (χ1) is 11.3. The monoisotopic (exact) mass is 310 g/mol. The molecule has 0 spiro atoms. The standard InChI is InChI=1S/C19H22N2O2/c22-18(17-12-8-9-15-20-17)13-6-1-2-7-14-19(23)21-16-10-4-3-5-11-16/h3-5,8-12,15H,1-2,6-7,13-14H2,(H,21,23). The van der Waals surface area contributed by atoms with E-state index in [1.807, 2.05) is 36.4 Å². The number of pyridine rings is 1. The molecule has 4 heteroatoms. The molecule has 1 N–H and O–H groups in total. The van der Waals surface area contributed by atoms with Gasteiger partial charge in [0, 0.05) is 24.7 Å². The molecular formula is C19H22N2O2. The maximum Gasteiger partial charge on any atom is 0.224 e. The Morgan fingerprint density at radius 3 is 2.22 bits per heavy atom. The van der Waals surface area contributed by atoms with Gasteiger partial charge in [0.05, 0.1) is 0 Å². The van der Waals surface area contributed by atoms with Crippen molar-refractivity contribution in [1.82, 2.24) is 4.98 Å². The number of hydrogen-bond acceptors (Lipinski definition) is 3. The molecule has 0 saturated heterocycles. The molecule has 0 saturated carbocycles. The topological polar surface area (TPSA) is 59.1 Å². The maximum absolute atomic E-state index is 11.9. The smallest absolute Gasteiger partial charge is 0.224 e. The van der Waals surface area contributed by atoms with Crippen LogP contribution in [0.4, 0.5) is 5.69 Å². The van der Waals surface area contributed by atoms with Crippen LogP contribution in [0.15, 0.2) is 54.7 Å². The Bertz CT molecular complexity index is 612. The normalized spacial score (nSPS) is 10.3. The molecule has 120 valence electrons. The lowest BCUT2D eigenvalue weighted by Crippen LogP contribution is -2.10. The Morgan fingerprint density at radius 2 is 1.52 bits per heavy atom. The van der Waals surface area contributed by atoms with Crippen LogP contribution in [-0.2, 0) is 4.79 Å². The number of unbranched alkanes of at least 4 members (excludes halogenated alkanes) is 3. The summed E-state index contributed by atoms with van der Waals surface area (Å²) in [7, 11) is 0. The summed E-state index contributed by atoms with van der Waals surface area (Å²) in [6.45, 7) is 0. The van der Waals surface area contributed by atoms with E-state index in [9.17, 15) is 9.59 Å². The van der Waals surface area contributed by atoms with Crippen LogP contribution in [0.5, 0.6) is 0 Å². The van der Waals surface area contributed by atoms with Crippen LogP contribution in [0.1, 0.15) is 49.0 Å². The summed E-state index contributed by atoms with van der Waals surface area (Å²) in [4.78, 5) is 27.7. The lowest BCUT2D eigenvalue weighted by atomic mass is 10.1. The average Bonchev–Trinajstić information content (AvgIpc) is 2.59. The summed E-state index contributed by atoms with van der Waals surface area (Å²) >= 11 is 0. The number of para-hydroxylation sites is 1. The van der Waals surface area contributed by atoms with E-state index in [0.717, 1.165) is 31.4 Å². The van der Waals surface area contributed by atoms with E-state index in [4.69, 9.17) is 0 Å². The molecule has 0 unspecified atom stereocenters. The Hall–Kier alpha value is -2.49. The van der Waals surface area contributed by atoms with Crippen LogP contribution in [0.3, 0.4) is 0 Å². The zero-order valence-corrected chi connectivity index (χ0v) is 13.2. The van der Waals surface area contributed by atoms with Gasteiger partial charge in [-0.15, -0.1) is 0 Å². The number of aromatic nitrogens is 1. The molecule has 1 amide bonds. The number of carbonyl (C=O) groups excluding carboxylic acids is 2. The first-order valence-corrected chi connectivity index (χ1v) is 8.05. The lowest BCUT2D eigenvalue weighted by Gasteiger charge is -2.05. The van der Waals surface area contributed by atoms with E-state index in [1.165, 1.54) is 0 Å². The Kier molecular flexibility index (Phi) is 6.98. The molecule has 1 aromatic heterocycles. The predicted octanol–water partition coefficient (Wildman–Crippen LogP) is 4.24. The molecule has 0 atom stereocenters. The lowest BCUT2D eigenvalue weighted by molar-refractivity contribution is -0.116. The zero-order chi connectivity index (χ0) is 16.3. The van der Waals surface area contributed by atoms with E-state index in [0.29, 0.717) is 18.5 Å². The highest BCUT2D eigenvalue weighted by molar-refractivity contribution is 5.94. The van der Waals surface area contributed by atoms with Crippen molar-refractivity contribution in [2.75, 3.05) is 5.32 Å². The summed E-state index contributed by atoms with van der Waals surface area (Å²) in [5.41, 5.74) is 1.37. The molecule has 0 bridgehead atoms. The van der Waals surface area contributed by atoms with Gasteiger partial charge in [-0.3, -0.25) is 14.6 Å². The van der Waals surface area contributed by atoms with Gasteiger partial charge in [0.2, 0.25) is 5.91 Å². The van der Waals surface area contributed by atoms with Gasteiger partial charge in [-0.05, 0) is 37.1 Å². The fraction of sp³-hybridized carbons (Fsp3) is 0.316. The third kappa shape index (κ3) is 6.43. The highest BCUT2D eigenvalue weighted by Gasteiger charge is 2.06. The van der Waals surface area contributed by atoms with E-state index >= 15 is 0 Å². The van der Waals surface area contributed by atoms with E-state index in [2.05, 4.69) is 10.3 Å². The van der Waals surface area contributed by atoms with Gasteiger partial charge in [-0.1, -0.05) is 37.1 Å². The highest BCUT2D eigenvalue weighted by atomic mass is 16.1. The van der Waals surface area contributed by atoms with Gasteiger partial charge in [0.15, 0.2) is 5.78 Å². The van der Waals surface area contributed by atoms with Crippen molar-refractivity contribution in [3.63, 3.8) is 0 Å². The Labute approximate surface area is 137 Å². The summed E-state index contributed by atoms with van der Waals surface area (Å²) in [5.74, 6) is 0.133. The van der Waals surface area contributed by atoms with Gasteiger partial charge in [-0.25, -0.2) is 0 Å². The molecule has 1 heterocycles. The predicted molar refractivity (Wildman–Crippen MR) is 91.3 cm³/mol. The molecule has 1 aromatic carbocycles. The van der Waals surface area contributed by atoms with Crippen LogP contribution in [0, 0.1) is 0 Å². The highest BCUT2D eigenvalue weighted by Crippen LogP contribution is 2.10. The number of benzene rings is 1. The molecule has 2 rings (SSSR count). The summed E-state index contributed by atoms with van der Waals surface area (Å²) in [6, 6.07) is 14.8. The van der Waals surface area contributed by atoms with Crippen molar-refractivity contribution in [2.45, 2.75) is 38.5 Å². The van der Waals surface area contributed by atoms with Gasteiger partial charge in [0.25, 0.3) is 0 Å². The molecule has 0 radical (unpaired) electrons. The van der Waals surface area contributed by atoms with E-state index < -0.39 is 0 Å². The SMILES string of the molecule is O=C(CCCCCCC(=O)c1ccccn1)Nc1ccccc1. The third-order valence-corrected chi connectivity index (χ3v) is 3.57. The van der Waals surface area contributed by atoms with Crippen LogP contribution < -0.4 is 5.32 Å². The van der Waals surface area contributed by atoms with Crippen molar-refractivity contribution < 1.29 is 9.59 Å². The summed E-state index contributed by atoms with van der Waals surface area (Å²) < 4.78 is 0. The molecular weight excluding hydrogens is 288 g/mol. The van der Waals surface area contributed by atoms with Crippen LogP contribution in [0.25, 0.3) is 0 Å². The number of hydrogen-bond donors (Lipinski definition) is 1. The van der Waals surface area contributed by atoms with Crippen molar-refractivity contribution >= 4 is 17.4 Å². The van der Waals surface area contributed by atoms with Crippen molar-refractivity contribution in [3.05, 3.63) is 60.4 Å². The van der Waals surface area contributed by atoms with Crippen molar-refractivity contribution in [3.8, 4) is 0 Å². The largest absolute Gasteiger partial charge is 0.326 e. The molecule has 0 aliphatic carbocycles. The van der Waals surface area contributed by atoms with Gasteiger partial charge < -0.3 is 5.32 Å². The van der Waals surface area contributed by atoms with Crippen LogP contribution in [0.2, 0.25) is 0 Å². The number of rotatable bonds is 9. The third-order valence-electron chi connectivity index (χ3n) is 3.57. The van der Waals surface area contributed by atoms with Gasteiger partial charge >= 0.3 is 0 Å². The minimum Gasteiger partial charge on any atom is -0.326 e. The molecule has 2 aromatic rings.